The summed E-state index contributed by atoms with van der Waals surface area (Å²) in [5.74, 6) is 2.84. The first-order valence-electron chi connectivity index (χ1n) is 8.97. The third-order valence-corrected chi connectivity index (χ3v) is 7.26. The van der Waals surface area contributed by atoms with E-state index >= 15 is 0 Å². The molecule has 4 aliphatic rings. The highest BCUT2D eigenvalue weighted by Crippen LogP contribution is 2.52. The van der Waals surface area contributed by atoms with Gasteiger partial charge in [-0.05, 0) is 36.1 Å². The molecule has 3 atom stereocenters. The van der Waals surface area contributed by atoms with Crippen molar-refractivity contribution in [2.24, 2.45) is 16.8 Å². The molecule has 1 saturated heterocycles. The van der Waals surface area contributed by atoms with Crippen molar-refractivity contribution in [1.82, 2.24) is 5.32 Å². The number of benzene rings is 1. The van der Waals surface area contributed by atoms with E-state index in [0.717, 1.165) is 41.5 Å². The first-order chi connectivity index (χ1) is 12.8. The number of amides is 1. The lowest BCUT2D eigenvalue weighted by Crippen LogP contribution is -2.46. The molecule has 1 spiro atoms. The third kappa shape index (κ3) is 2.47. The molecule has 0 saturated carbocycles. The van der Waals surface area contributed by atoms with Crippen molar-refractivity contribution in [2.75, 3.05) is 19.1 Å². The van der Waals surface area contributed by atoms with Gasteiger partial charge in [0.1, 0.15) is 0 Å². The zero-order valence-electron chi connectivity index (χ0n) is 14.3. The summed E-state index contributed by atoms with van der Waals surface area (Å²) in [5, 5.41) is 3.13. The van der Waals surface area contributed by atoms with Gasteiger partial charge in [0.2, 0.25) is 12.7 Å². The summed E-state index contributed by atoms with van der Waals surface area (Å²) in [7, 11) is 0. The van der Waals surface area contributed by atoms with E-state index in [4.69, 9.17) is 14.5 Å². The first-order valence-corrected chi connectivity index (χ1v) is 9.96. The Bertz CT molecular complexity index is 847. The van der Waals surface area contributed by atoms with Crippen LogP contribution in [0.1, 0.15) is 12.0 Å². The van der Waals surface area contributed by atoms with Crippen LogP contribution in [-0.4, -0.2) is 35.5 Å². The summed E-state index contributed by atoms with van der Waals surface area (Å²) in [4.78, 5) is 17.6. The van der Waals surface area contributed by atoms with Crippen molar-refractivity contribution in [3.8, 4) is 11.5 Å². The zero-order valence-corrected chi connectivity index (χ0v) is 15.1. The molecule has 6 heteroatoms. The molecule has 26 heavy (non-hydrogen) atoms. The Morgan fingerprint density at radius 3 is 3.19 bits per heavy atom. The number of hydrogen-bond donors (Lipinski definition) is 1. The Hall–Kier alpha value is -2.21. The van der Waals surface area contributed by atoms with E-state index in [0.29, 0.717) is 12.5 Å². The van der Waals surface area contributed by atoms with Crippen molar-refractivity contribution in [3.05, 3.63) is 48.1 Å². The number of carbonyl (C=O) groups is 1. The highest BCUT2D eigenvalue weighted by Gasteiger charge is 2.53. The number of fused-ring (bicyclic) bond motifs is 1. The number of nitrogens with zero attached hydrogens (tertiary/aromatic N) is 1. The van der Waals surface area contributed by atoms with Gasteiger partial charge >= 0.3 is 0 Å². The van der Waals surface area contributed by atoms with Gasteiger partial charge < -0.3 is 14.8 Å². The smallest absolute Gasteiger partial charge is 0.231 e. The van der Waals surface area contributed by atoms with Crippen LogP contribution in [0.15, 0.2) is 47.5 Å². The Balaban J connectivity index is 1.29. The minimum atomic E-state index is -0.103. The molecule has 1 amide bonds. The van der Waals surface area contributed by atoms with E-state index in [-0.39, 0.29) is 23.4 Å². The topological polar surface area (TPSA) is 59.9 Å². The lowest BCUT2D eigenvalue weighted by atomic mass is 9.74. The van der Waals surface area contributed by atoms with Gasteiger partial charge in [0, 0.05) is 18.8 Å². The van der Waals surface area contributed by atoms with Crippen LogP contribution in [0.2, 0.25) is 0 Å². The fourth-order valence-electron chi connectivity index (χ4n) is 4.29. The van der Waals surface area contributed by atoms with Gasteiger partial charge in [0.15, 0.2) is 11.5 Å². The van der Waals surface area contributed by atoms with Crippen molar-refractivity contribution in [3.63, 3.8) is 0 Å². The molecule has 1 aliphatic carbocycles. The molecular formula is C20H20N2O3S. The van der Waals surface area contributed by atoms with Gasteiger partial charge in [-0.15, -0.1) is 11.8 Å². The largest absolute Gasteiger partial charge is 0.454 e. The number of aliphatic imine (C=N–C) groups is 1. The Labute approximate surface area is 156 Å². The number of nitrogens with one attached hydrogen (secondary N) is 1. The summed E-state index contributed by atoms with van der Waals surface area (Å²) >= 11 is 1.87. The van der Waals surface area contributed by atoms with Crippen LogP contribution in [0.5, 0.6) is 11.5 Å². The van der Waals surface area contributed by atoms with E-state index in [1.807, 2.05) is 36.0 Å². The number of hydrogen-bond acceptors (Lipinski definition) is 5. The van der Waals surface area contributed by atoms with Gasteiger partial charge in [-0.3, -0.25) is 9.79 Å². The molecule has 0 bridgehead atoms. The predicted molar refractivity (Wildman–Crippen MR) is 102 cm³/mol. The second-order valence-corrected chi connectivity index (χ2v) is 8.29. The maximum absolute atomic E-state index is 12.9. The highest BCUT2D eigenvalue weighted by atomic mass is 32.2. The van der Waals surface area contributed by atoms with E-state index in [9.17, 15) is 4.79 Å². The monoisotopic (exact) mass is 368 g/mol. The molecule has 1 aromatic rings. The SMILES string of the molecule is O=C(NCc1ccc2c(c1)OCO2)[C@H]1CSC23C=CC=CC2=NCCC13. The number of allylic oxidation sites excluding steroid dienone is 3. The van der Waals surface area contributed by atoms with E-state index in [1.54, 1.807) is 0 Å². The van der Waals surface area contributed by atoms with Crippen LogP contribution in [0, 0.1) is 11.8 Å². The third-order valence-electron chi connectivity index (χ3n) is 5.61. The lowest BCUT2D eigenvalue weighted by molar-refractivity contribution is -0.125. The first kappa shape index (κ1) is 16.0. The van der Waals surface area contributed by atoms with Crippen LogP contribution >= 0.6 is 11.8 Å². The quantitative estimate of drug-likeness (QED) is 0.891. The van der Waals surface area contributed by atoms with E-state index in [2.05, 4.69) is 23.5 Å². The highest BCUT2D eigenvalue weighted by molar-refractivity contribution is 8.02. The van der Waals surface area contributed by atoms with Gasteiger partial charge in [-0.25, -0.2) is 0 Å². The average Bonchev–Trinajstić information content (AvgIpc) is 3.29. The fourth-order valence-corrected chi connectivity index (χ4v) is 6.08. The second-order valence-electron chi connectivity index (χ2n) is 7.00. The van der Waals surface area contributed by atoms with Crippen molar-refractivity contribution in [1.29, 1.82) is 0 Å². The van der Waals surface area contributed by atoms with Crippen molar-refractivity contribution >= 4 is 23.4 Å². The molecule has 5 nitrogen and oxygen atoms in total. The molecule has 1 N–H and O–H groups in total. The minimum absolute atomic E-state index is 0.0238. The molecule has 2 unspecified atom stereocenters. The molecule has 1 fully saturated rings. The van der Waals surface area contributed by atoms with Crippen LogP contribution in [0.3, 0.4) is 0 Å². The van der Waals surface area contributed by atoms with Gasteiger partial charge in [-0.2, -0.15) is 0 Å². The zero-order chi connectivity index (χ0) is 17.6. The molecule has 3 heterocycles. The fraction of sp³-hybridized carbons (Fsp3) is 0.400. The average molecular weight is 368 g/mol. The molecule has 0 radical (unpaired) electrons. The summed E-state index contributed by atoms with van der Waals surface area (Å²) in [6.45, 7) is 1.58. The molecule has 0 aromatic heterocycles. The van der Waals surface area contributed by atoms with Crippen LogP contribution < -0.4 is 14.8 Å². The molecule has 134 valence electrons. The standard InChI is InChI=1S/C20H20N2O3S/c23-19(22-10-13-4-5-16-17(9-13)25-12-24-16)14-11-26-20-7-2-1-3-18(20)21-8-6-15(14)20/h1-5,7,9,14-15H,6,8,10-12H2,(H,22,23)/t14-,15?,20?/m0/s1. The van der Waals surface area contributed by atoms with Crippen molar-refractivity contribution < 1.29 is 14.3 Å². The number of ether oxygens (including phenoxy) is 2. The normalized spacial score (nSPS) is 30.5. The maximum atomic E-state index is 12.9. The summed E-state index contributed by atoms with van der Waals surface area (Å²) in [6.07, 6.45) is 9.45. The number of thioether (sulfide) groups is 1. The van der Waals surface area contributed by atoms with Gasteiger partial charge in [0.25, 0.3) is 0 Å². The number of rotatable bonds is 3. The summed E-state index contributed by atoms with van der Waals surface area (Å²) in [6, 6.07) is 5.81. The second kappa shape index (κ2) is 6.20. The molecular weight excluding hydrogens is 348 g/mol. The Kier molecular flexibility index (Phi) is 3.81. The van der Waals surface area contributed by atoms with Crippen molar-refractivity contribution in [2.45, 2.75) is 17.7 Å². The summed E-state index contributed by atoms with van der Waals surface area (Å²) in [5.41, 5.74) is 2.15. The van der Waals surface area contributed by atoms with Crippen LogP contribution in [-0.2, 0) is 11.3 Å². The van der Waals surface area contributed by atoms with E-state index < -0.39 is 0 Å². The van der Waals surface area contributed by atoms with Crippen LogP contribution in [0.4, 0.5) is 0 Å². The lowest BCUT2D eigenvalue weighted by Gasteiger charge is -2.38. The summed E-state index contributed by atoms with van der Waals surface area (Å²) < 4.78 is 10.6. The van der Waals surface area contributed by atoms with Crippen LogP contribution in [0.25, 0.3) is 0 Å². The van der Waals surface area contributed by atoms with E-state index in [1.165, 1.54) is 0 Å². The molecule has 3 aliphatic heterocycles. The Morgan fingerprint density at radius 2 is 2.23 bits per heavy atom. The molecule has 1 aromatic carbocycles. The minimum Gasteiger partial charge on any atom is -0.454 e. The maximum Gasteiger partial charge on any atom is 0.231 e. The van der Waals surface area contributed by atoms with Gasteiger partial charge in [-0.1, -0.05) is 24.3 Å². The number of carbonyl (C=O) groups excluding carboxylic acids is 1. The predicted octanol–water partition coefficient (Wildman–Crippen LogP) is 2.72. The Morgan fingerprint density at radius 1 is 1.31 bits per heavy atom. The van der Waals surface area contributed by atoms with Gasteiger partial charge in [0.05, 0.1) is 16.4 Å². The molecule has 5 rings (SSSR count).